The summed E-state index contributed by atoms with van der Waals surface area (Å²) in [5.74, 6) is 0.157. The van der Waals surface area contributed by atoms with Crippen LogP contribution in [-0.2, 0) is 0 Å². The molecule has 2 atom stereocenters. The summed E-state index contributed by atoms with van der Waals surface area (Å²) in [6.07, 6.45) is 6.23. The van der Waals surface area contributed by atoms with Gasteiger partial charge in [0.2, 0.25) is 0 Å². The molecule has 0 amide bonds. The molecule has 16 heavy (non-hydrogen) atoms. The molecule has 0 radical (unpaired) electrons. The van der Waals surface area contributed by atoms with E-state index in [1.54, 1.807) is 0 Å². The van der Waals surface area contributed by atoms with Gasteiger partial charge in [0.25, 0.3) is 0 Å². The van der Waals surface area contributed by atoms with Crippen LogP contribution in [0.25, 0.3) is 0 Å². The van der Waals surface area contributed by atoms with Crippen molar-refractivity contribution in [3.8, 4) is 0 Å². The fraction of sp³-hybridized carbons (Fsp3) is 0.733. The fourth-order valence-electron chi connectivity index (χ4n) is 2.43. The molecule has 1 rings (SSSR count). The van der Waals surface area contributed by atoms with Crippen molar-refractivity contribution >= 4 is 0 Å². The van der Waals surface area contributed by atoms with Gasteiger partial charge in [-0.2, -0.15) is 0 Å². The highest BCUT2D eigenvalue weighted by atomic mass is 16.3. The molecule has 0 saturated heterocycles. The zero-order chi connectivity index (χ0) is 12.8. The van der Waals surface area contributed by atoms with Crippen LogP contribution in [0.15, 0.2) is 23.8 Å². The van der Waals surface area contributed by atoms with Gasteiger partial charge in [-0.15, -0.1) is 0 Å². The second kappa shape index (κ2) is 3.73. The number of hydrogen-bond donors (Lipinski definition) is 1. The Morgan fingerprint density at radius 3 is 2.00 bits per heavy atom. The van der Waals surface area contributed by atoms with Crippen molar-refractivity contribution < 1.29 is 5.11 Å². The molecule has 1 aliphatic carbocycles. The largest absolute Gasteiger partial charge is 0.385 e. The lowest BCUT2D eigenvalue weighted by Crippen LogP contribution is -2.52. The molecule has 92 valence electrons. The Morgan fingerprint density at radius 1 is 1.12 bits per heavy atom. The minimum atomic E-state index is -0.759. The summed E-state index contributed by atoms with van der Waals surface area (Å²) in [4.78, 5) is 0. The molecule has 0 aliphatic heterocycles. The minimum absolute atomic E-state index is 0.0635. The van der Waals surface area contributed by atoms with Crippen molar-refractivity contribution in [1.82, 2.24) is 0 Å². The molecule has 0 bridgehead atoms. The first-order valence-electron chi connectivity index (χ1n) is 6.08. The monoisotopic (exact) mass is 222 g/mol. The summed E-state index contributed by atoms with van der Waals surface area (Å²) < 4.78 is 0. The summed E-state index contributed by atoms with van der Waals surface area (Å²) in [5.41, 5.74) is 0.395. The molecular weight excluding hydrogens is 196 g/mol. The third kappa shape index (κ3) is 2.24. The van der Waals surface area contributed by atoms with Crippen molar-refractivity contribution in [2.75, 3.05) is 0 Å². The van der Waals surface area contributed by atoms with Crippen LogP contribution in [0.1, 0.15) is 48.5 Å². The quantitative estimate of drug-likeness (QED) is 0.658. The third-order valence-electron chi connectivity index (χ3n) is 3.64. The molecule has 1 heteroatoms. The van der Waals surface area contributed by atoms with Crippen molar-refractivity contribution in [3.05, 3.63) is 23.8 Å². The van der Waals surface area contributed by atoms with Gasteiger partial charge in [-0.05, 0) is 17.8 Å². The van der Waals surface area contributed by atoms with Crippen molar-refractivity contribution in [2.45, 2.75) is 54.1 Å². The number of hydrogen-bond acceptors (Lipinski definition) is 1. The van der Waals surface area contributed by atoms with Crippen LogP contribution in [-0.4, -0.2) is 10.7 Å². The molecule has 0 aromatic carbocycles. The summed E-state index contributed by atoms with van der Waals surface area (Å²) in [6.45, 7) is 15.0. The van der Waals surface area contributed by atoms with E-state index < -0.39 is 5.60 Å². The van der Waals surface area contributed by atoms with Gasteiger partial charge in [0.1, 0.15) is 0 Å². The standard InChI is InChI=1S/C15H26O/c1-11-8-9-15(16,14(5,6)7)12(10-11)13(2,3)4/h8-10,12,16H,1-7H3. The van der Waals surface area contributed by atoms with Gasteiger partial charge in [-0.25, -0.2) is 0 Å². The van der Waals surface area contributed by atoms with E-state index >= 15 is 0 Å². The maximum Gasteiger partial charge on any atom is 0.0946 e. The minimum Gasteiger partial charge on any atom is -0.385 e. The third-order valence-corrected chi connectivity index (χ3v) is 3.64. The van der Waals surface area contributed by atoms with Gasteiger partial charge in [0.05, 0.1) is 5.60 Å². The van der Waals surface area contributed by atoms with E-state index in [0.29, 0.717) is 0 Å². The molecule has 0 spiro atoms. The first kappa shape index (κ1) is 13.5. The van der Waals surface area contributed by atoms with Crippen LogP contribution in [0.5, 0.6) is 0 Å². The van der Waals surface area contributed by atoms with Gasteiger partial charge in [0.15, 0.2) is 0 Å². The van der Waals surface area contributed by atoms with E-state index in [2.05, 4.69) is 54.5 Å². The Morgan fingerprint density at radius 2 is 1.62 bits per heavy atom. The lowest BCUT2D eigenvalue weighted by molar-refractivity contribution is -0.0804. The Hall–Kier alpha value is -0.560. The van der Waals surface area contributed by atoms with Crippen molar-refractivity contribution in [2.24, 2.45) is 16.7 Å². The molecular formula is C15H26O. The molecule has 0 fully saturated rings. The molecule has 0 heterocycles. The van der Waals surface area contributed by atoms with E-state index in [9.17, 15) is 5.11 Å². The van der Waals surface area contributed by atoms with E-state index in [0.717, 1.165) is 0 Å². The van der Waals surface area contributed by atoms with Crippen LogP contribution < -0.4 is 0 Å². The van der Waals surface area contributed by atoms with Gasteiger partial charge < -0.3 is 5.11 Å². The number of rotatable bonds is 0. The van der Waals surface area contributed by atoms with Gasteiger partial charge >= 0.3 is 0 Å². The SMILES string of the molecule is CC1=CC(C(C)(C)C)C(O)(C(C)(C)C)C=C1. The molecule has 2 unspecified atom stereocenters. The van der Waals surface area contributed by atoms with Crippen LogP contribution in [0, 0.1) is 16.7 Å². The predicted molar refractivity (Wildman–Crippen MR) is 70.2 cm³/mol. The Labute approximate surface area is 100 Å². The smallest absolute Gasteiger partial charge is 0.0946 e. The molecule has 0 aromatic rings. The second-order valence-electron chi connectivity index (χ2n) is 7.16. The highest BCUT2D eigenvalue weighted by Crippen LogP contribution is 2.48. The van der Waals surface area contributed by atoms with E-state index in [1.807, 2.05) is 12.2 Å². The summed E-state index contributed by atoms with van der Waals surface area (Å²) in [7, 11) is 0. The van der Waals surface area contributed by atoms with E-state index in [1.165, 1.54) is 5.57 Å². The maximum atomic E-state index is 11.0. The first-order valence-corrected chi connectivity index (χ1v) is 6.08. The molecule has 0 saturated carbocycles. The second-order valence-corrected chi connectivity index (χ2v) is 7.16. The van der Waals surface area contributed by atoms with Crippen molar-refractivity contribution in [1.29, 1.82) is 0 Å². The van der Waals surface area contributed by atoms with Crippen LogP contribution in [0.3, 0.4) is 0 Å². The topological polar surface area (TPSA) is 20.2 Å². The zero-order valence-electron chi connectivity index (χ0n) is 11.8. The molecule has 1 aliphatic rings. The fourth-order valence-corrected chi connectivity index (χ4v) is 2.43. The number of aliphatic hydroxyl groups is 1. The average molecular weight is 222 g/mol. The molecule has 0 aromatic heterocycles. The van der Waals surface area contributed by atoms with Crippen LogP contribution in [0.2, 0.25) is 0 Å². The van der Waals surface area contributed by atoms with Crippen LogP contribution >= 0.6 is 0 Å². The zero-order valence-corrected chi connectivity index (χ0v) is 11.8. The lowest BCUT2D eigenvalue weighted by Gasteiger charge is -2.49. The van der Waals surface area contributed by atoms with E-state index in [-0.39, 0.29) is 16.7 Å². The van der Waals surface area contributed by atoms with Gasteiger partial charge in [-0.3, -0.25) is 0 Å². The summed E-state index contributed by atoms with van der Waals surface area (Å²) in [5, 5.41) is 11.0. The average Bonchev–Trinajstić information content (AvgIpc) is 2.05. The van der Waals surface area contributed by atoms with Crippen molar-refractivity contribution in [3.63, 3.8) is 0 Å². The van der Waals surface area contributed by atoms with E-state index in [4.69, 9.17) is 0 Å². The van der Waals surface area contributed by atoms with Gasteiger partial charge in [-0.1, -0.05) is 65.3 Å². The number of allylic oxidation sites excluding steroid dienone is 2. The van der Waals surface area contributed by atoms with Crippen LogP contribution in [0.4, 0.5) is 0 Å². The normalized spacial score (nSPS) is 31.5. The molecule has 1 nitrogen and oxygen atoms in total. The summed E-state index contributed by atoms with van der Waals surface area (Å²) >= 11 is 0. The Bertz CT molecular complexity index is 322. The molecule has 1 N–H and O–H groups in total. The first-order chi connectivity index (χ1) is 6.98. The predicted octanol–water partition coefficient (Wildman–Crippen LogP) is 3.94. The highest BCUT2D eigenvalue weighted by molar-refractivity contribution is 5.31. The van der Waals surface area contributed by atoms with Gasteiger partial charge in [0, 0.05) is 5.92 Å². The highest BCUT2D eigenvalue weighted by Gasteiger charge is 2.49. The Kier molecular flexibility index (Phi) is 3.15. The summed E-state index contributed by atoms with van der Waals surface area (Å²) in [6, 6.07) is 0. The lowest BCUT2D eigenvalue weighted by atomic mass is 9.59. The Balaban J connectivity index is 3.25. The maximum absolute atomic E-state index is 11.0.